The summed E-state index contributed by atoms with van der Waals surface area (Å²) in [6.45, 7) is 7.45. The molecule has 5 heteroatoms. The number of rotatable bonds is 5. The number of aryl methyl sites for hydroxylation is 1. The Balaban J connectivity index is 2.08. The fraction of sp³-hybridized carbons (Fsp3) is 0.500. The average molecular weight is 234 g/mol. The van der Waals surface area contributed by atoms with Crippen LogP contribution in [0, 0.1) is 6.92 Å². The number of nitrogens with one attached hydrogen (secondary N) is 1. The van der Waals surface area contributed by atoms with Gasteiger partial charge in [-0.1, -0.05) is 6.07 Å². The summed E-state index contributed by atoms with van der Waals surface area (Å²) in [5, 5.41) is 7.58. The van der Waals surface area contributed by atoms with E-state index in [1.54, 1.807) is 4.52 Å². The maximum Gasteiger partial charge on any atom is 0.243 e. The Morgan fingerprint density at radius 2 is 2.29 bits per heavy atom. The van der Waals surface area contributed by atoms with Crippen LogP contribution in [-0.4, -0.2) is 33.9 Å². The van der Waals surface area contributed by atoms with Crippen LogP contribution in [0.3, 0.4) is 0 Å². The molecule has 1 atom stereocenters. The SMILES string of the molecule is CCOCC(C)Nc1nc2ccc(C)cn2n1. The van der Waals surface area contributed by atoms with Crippen molar-refractivity contribution in [2.24, 2.45) is 0 Å². The molecule has 1 N–H and O–H groups in total. The van der Waals surface area contributed by atoms with E-state index in [9.17, 15) is 0 Å². The fourth-order valence-corrected chi connectivity index (χ4v) is 1.60. The molecule has 0 bridgehead atoms. The van der Waals surface area contributed by atoms with Crippen LogP contribution >= 0.6 is 0 Å². The van der Waals surface area contributed by atoms with Crippen molar-refractivity contribution in [1.82, 2.24) is 14.6 Å². The van der Waals surface area contributed by atoms with E-state index in [1.165, 1.54) is 0 Å². The van der Waals surface area contributed by atoms with Gasteiger partial charge in [-0.15, -0.1) is 5.10 Å². The van der Waals surface area contributed by atoms with Gasteiger partial charge < -0.3 is 10.1 Å². The summed E-state index contributed by atoms with van der Waals surface area (Å²) in [5.41, 5.74) is 2.01. The Hall–Kier alpha value is -1.62. The maximum atomic E-state index is 5.34. The highest BCUT2D eigenvalue weighted by molar-refractivity contribution is 5.44. The van der Waals surface area contributed by atoms with Gasteiger partial charge in [0, 0.05) is 18.8 Å². The first-order chi connectivity index (χ1) is 8.19. The number of pyridine rings is 1. The van der Waals surface area contributed by atoms with Crippen LogP contribution in [-0.2, 0) is 4.74 Å². The minimum Gasteiger partial charge on any atom is -0.380 e. The molecule has 1 unspecified atom stereocenters. The Kier molecular flexibility index (Phi) is 3.58. The molecule has 2 heterocycles. The third-order valence-corrected chi connectivity index (χ3v) is 2.43. The molecule has 2 aromatic heterocycles. The van der Waals surface area contributed by atoms with E-state index in [1.807, 2.05) is 39.1 Å². The maximum absolute atomic E-state index is 5.34. The van der Waals surface area contributed by atoms with Crippen molar-refractivity contribution in [3.05, 3.63) is 23.9 Å². The summed E-state index contributed by atoms with van der Waals surface area (Å²) in [5.74, 6) is 0.641. The Morgan fingerprint density at radius 1 is 1.47 bits per heavy atom. The number of hydrogen-bond donors (Lipinski definition) is 1. The van der Waals surface area contributed by atoms with Crippen LogP contribution in [0.25, 0.3) is 5.65 Å². The van der Waals surface area contributed by atoms with Crippen LogP contribution < -0.4 is 5.32 Å². The lowest BCUT2D eigenvalue weighted by molar-refractivity contribution is 0.141. The van der Waals surface area contributed by atoms with Crippen molar-refractivity contribution >= 4 is 11.6 Å². The minimum atomic E-state index is 0.202. The second-order valence-electron chi connectivity index (χ2n) is 4.15. The van der Waals surface area contributed by atoms with E-state index in [0.717, 1.165) is 17.8 Å². The summed E-state index contributed by atoms with van der Waals surface area (Å²) in [6, 6.07) is 4.19. The molecule has 0 fully saturated rings. The fourth-order valence-electron chi connectivity index (χ4n) is 1.60. The third-order valence-electron chi connectivity index (χ3n) is 2.43. The molecule has 5 nitrogen and oxygen atoms in total. The van der Waals surface area contributed by atoms with Gasteiger partial charge in [0.2, 0.25) is 5.95 Å². The van der Waals surface area contributed by atoms with Gasteiger partial charge in [-0.2, -0.15) is 4.98 Å². The summed E-state index contributed by atoms with van der Waals surface area (Å²) in [7, 11) is 0. The van der Waals surface area contributed by atoms with Crippen molar-refractivity contribution in [2.75, 3.05) is 18.5 Å². The molecule has 0 radical (unpaired) electrons. The van der Waals surface area contributed by atoms with Gasteiger partial charge in [-0.25, -0.2) is 4.52 Å². The van der Waals surface area contributed by atoms with E-state index in [2.05, 4.69) is 15.4 Å². The summed E-state index contributed by atoms with van der Waals surface area (Å²) in [6.07, 6.45) is 1.96. The van der Waals surface area contributed by atoms with Crippen LogP contribution in [0.5, 0.6) is 0 Å². The first-order valence-electron chi connectivity index (χ1n) is 5.86. The van der Waals surface area contributed by atoms with Crippen LogP contribution in [0.15, 0.2) is 18.3 Å². The van der Waals surface area contributed by atoms with Crippen LogP contribution in [0.4, 0.5) is 5.95 Å². The molecule has 0 aromatic carbocycles. The molecular formula is C12H18N4O. The highest BCUT2D eigenvalue weighted by Crippen LogP contribution is 2.08. The standard InChI is InChI=1S/C12H18N4O/c1-4-17-8-10(3)13-12-14-11-6-5-9(2)7-16(11)15-12/h5-7,10H,4,8H2,1-3H3,(H,13,15). The second-order valence-corrected chi connectivity index (χ2v) is 4.15. The van der Waals surface area contributed by atoms with Crippen molar-refractivity contribution in [3.63, 3.8) is 0 Å². The Morgan fingerprint density at radius 3 is 3.06 bits per heavy atom. The van der Waals surface area contributed by atoms with Crippen molar-refractivity contribution in [1.29, 1.82) is 0 Å². The van der Waals surface area contributed by atoms with Crippen molar-refractivity contribution < 1.29 is 4.74 Å². The summed E-state index contributed by atoms with van der Waals surface area (Å²) >= 11 is 0. The lowest BCUT2D eigenvalue weighted by Crippen LogP contribution is -2.22. The molecule has 0 aliphatic heterocycles. The van der Waals surface area contributed by atoms with Crippen molar-refractivity contribution in [3.8, 4) is 0 Å². The zero-order chi connectivity index (χ0) is 12.3. The Labute approximate surface area is 101 Å². The smallest absolute Gasteiger partial charge is 0.243 e. The number of nitrogens with zero attached hydrogens (tertiary/aromatic N) is 3. The zero-order valence-electron chi connectivity index (χ0n) is 10.5. The highest BCUT2D eigenvalue weighted by atomic mass is 16.5. The lowest BCUT2D eigenvalue weighted by Gasteiger charge is -2.11. The number of ether oxygens (including phenoxy) is 1. The van der Waals surface area contributed by atoms with Crippen molar-refractivity contribution in [2.45, 2.75) is 26.8 Å². The molecule has 92 valence electrons. The van der Waals surface area contributed by atoms with Crippen LogP contribution in [0.2, 0.25) is 0 Å². The van der Waals surface area contributed by atoms with Crippen LogP contribution in [0.1, 0.15) is 19.4 Å². The second kappa shape index (κ2) is 5.14. The quantitative estimate of drug-likeness (QED) is 0.858. The van der Waals surface area contributed by atoms with Gasteiger partial charge in [-0.05, 0) is 32.4 Å². The summed E-state index contributed by atoms with van der Waals surface area (Å²) in [4.78, 5) is 4.39. The third kappa shape index (κ3) is 2.94. The number of fused-ring (bicyclic) bond motifs is 1. The largest absolute Gasteiger partial charge is 0.380 e. The molecule has 0 aliphatic carbocycles. The van der Waals surface area contributed by atoms with E-state index in [4.69, 9.17) is 4.74 Å². The van der Waals surface area contributed by atoms with Gasteiger partial charge in [0.15, 0.2) is 5.65 Å². The minimum absolute atomic E-state index is 0.202. The zero-order valence-corrected chi connectivity index (χ0v) is 10.5. The van der Waals surface area contributed by atoms with Gasteiger partial charge in [-0.3, -0.25) is 0 Å². The number of hydrogen-bond acceptors (Lipinski definition) is 4. The normalized spacial score (nSPS) is 12.9. The first-order valence-corrected chi connectivity index (χ1v) is 5.86. The van der Waals surface area contributed by atoms with E-state index in [0.29, 0.717) is 12.6 Å². The van der Waals surface area contributed by atoms with Gasteiger partial charge in [0.25, 0.3) is 0 Å². The van der Waals surface area contributed by atoms with Gasteiger partial charge in [0.1, 0.15) is 0 Å². The average Bonchev–Trinajstić information content (AvgIpc) is 2.67. The lowest BCUT2D eigenvalue weighted by atomic mass is 10.3. The Bertz CT molecular complexity index is 494. The monoisotopic (exact) mass is 234 g/mol. The molecule has 0 spiro atoms. The highest BCUT2D eigenvalue weighted by Gasteiger charge is 2.07. The molecule has 0 aliphatic rings. The molecule has 17 heavy (non-hydrogen) atoms. The van der Waals surface area contributed by atoms with Gasteiger partial charge in [0.05, 0.1) is 6.61 Å². The van der Waals surface area contributed by atoms with Gasteiger partial charge >= 0.3 is 0 Å². The van der Waals surface area contributed by atoms with E-state index < -0.39 is 0 Å². The molecule has 2 aromatic rings. The first kappa shape index (κ1) is 11.9. The molecular weight excluding hydrogens is 216 g/mol. The number of aromatic nitrogens is 3. The van der Waals surface area contributed by atoms with E-state index in [-0.39, 0.29) is 6.04 Å². The molecule has 0 saturated carbocycles. The predicted octanol–water partition coefficient (Wildman–Crippen LogP) is 1.87. The molecule has 0 amide bonds. The number of anilines is 1. The molecule has 0 saturated heterocycles. The topological polar surface area (TPSA) is 51.5 Å². The predicted molar refractivity (Wildman–Crippen MR) is 67.3 cm³/mol. The van der Waals surface area contributed by atoms with E-state index >= 15 is 0 Å². The molecule has 2 rings (SSSR count). The summed E-state index contributed by atoms with van der Waals surface area (Å²) < 4.78 is 7.12.